The zero-order valence-electron chi connectivity index (χ0n) is 18.3. The summed E-state index contributed by atoms with van der Waals surface area (Å²) in [6, 6.07) is 12.3. The number of carbonyl (C=O) groups excluding carboxylic acids is 2. The SMILES string of the molecule is COC(=O)c1sc(-c2ccccc2)cc1N(C(=O)[C@H]1CC[C@H](C)CC1)C1CCSCC1. The Balaban J connectivity index is 1.75. The van der Waals surface area contributed by atoms with Crippen molar-refractivity contribution in [3.05, 3.63) is 41.3 Å². The third-order valence-electron chi connectivity index (χ3n) is 6.56. The van der Waals surface area contributed by atoms with Gasteiger partial charge in [-0.25, -0.2) is 4.79 Å². The molecule has 4 rings (SSSR count). The molecule has 1 saturated carbocycles. The lowest BCUT2D eigenvalue weighted by atomic mass is 9.82. The topological polar surface area (TPSA) is 46.6 Å². The molecule has 0 unspecified atom stereocenters. The maximum absolute atomic E-state index is 13.9. The number of carbonyl (C=O) groups is 2. The van der Waals surface area contributed by atoms with Gasteiger partial charge in [-0.15, -0.1) is 11.3 Å². The number of anilines is 1. The summed E-state index contributed by atoms with van der Waals surface area (Å²) in [4.78, 5) is 30.2. The first-order valence-electron chi connectivity index (χ1n) is 11.3. The molecule has 6 heteroatoms. The first kappa shape index (κ1) is 22.4. The summed E-state index contributed by atoms with van der Waals surface area (Å²) in [5.41, 5.74) is 1.80. The number of hydrogen-bond acceptors (Lipinski definition) is 5. The predicted octanol–water partition coefficient (Wildman–Crippen LogP) is 6.26. The van der Waals surface area contributed by atoms with Crippen LogP contribution in [0.25, 0.3) is 10.4 Å². The molecule has 1 aromatic heterocycles. The highest BCUT2D eigenvalue weighted by atomic mass is 32.2. The van der Waals surface area contributed by atoms with Gasteiger partial charge in [0, 0.05) is 16.8 Å². The minimum Gasteiger partial charge on any atom is -0.465 e. The zero-order chi connectivity index (χ0) is 21.8. The van der Waals surface area contributed by atoms with Crippen LogP contribution >= 0.6 is 23.1 Å². The van der Waals surface area contributed by atoms with E-state index >= 15 is 0 Å². The number of rotatable bonds is 5. The van der Waals surface area contributed by atoms with Crippen LogP contribution in [0.4, 0.5) is 5.69 Å². The van der Waals surface area contributed by atoms with Gasteiger partial charge in [0.2, 0.25) is 5.91 Å². The second-order valence-corrected chi connectivity index (χ2v) is 11.0. The Kier molecular flexibility index (Phi) is 7.39. The molecule has 31 heavy (non-hydrogen) atoms. The van der Waals surface area contributed by atoms with Crippen LogP contribution in [0.2, 0.25) is 0 Å². The van der Waals surface area contributed by atoms with Crippen LogP contribution in [0, 0.1) is 11.8 Å². The van der Waals surface area contributed by atoms with Gasteiger partial charge in [-0.05, 0) is 67.6 Å². The molecule has 1 saturated heterocycles. The van der Waals surface area contributed by atoms with E-state index in [1.165, 1.54) is 18.4 Å². The van der Waals surface area contributed by atoms with Gasteiger partial charge in [0.1, 0.15) is 4.88 Å². The maximum atomic E-state index is 13.9. The molecule has 0 atom stereocenters. The Labute approximate surface area is 193 Å². The summed E-state index contributed by atoms with van der Waals surface area (Å²) in [6.07, 6.45) is 6.04. The average molecular weight is 458 g/mol. The number of nitrogens with zero attached hydrogens (tertiary/aromatic N) is 1. The van der Waals surface area contributed by atoms with E-state index in [1.54, 1.807) is 0 Å². The monoisotopic (exact) mass is 457 g/mol. The molecule has 4 nitrogen and oxygen atoms in total. The second kappa shape index (κ2) is 10.2. The predicted molar refractivity (Wildman–Crippen MR) is 130 cm³/mol. The smallest absolute Gasteiger partial charge is 0.350 e. The Bertz CT molecular complexity index is 897. The molecule has 2 heterocycles. The number of hydrogen-bond donors (Lipinski definition) is 0. The number of amides is 1. The van der Waals surface area contributed by atoms with Crippen LogP contribution in [-0.4, -0.2) is 36.5 Å². The van der Waals surface area contributed by atoms with Gasteiger partial charge in [-0.2, -0.15) is 11.8 Å². The fraction of sp³-hybridized carbons (Fsp3) is 0.520. The minimum absolute atomic E-state index is 0.0522. The van der Waals surface area contributed by atoms with Crippen molar-refractivity contribution in [2.75, 3.05) is 23.5 Å². The third-order valence-corrected chi connectivity index (χ3v) is 8.76. The Hall–Kier alpha value is -1.79. The van der Waals surface area contributed by atoms with E-state index < -0.39 is 0 Å². The lowest BCUT2D eigenvalue weighted by Gasteiger charge is -2.37. The summed E-state index contributed by atoms with van der Waals surface area (Å²) in [5.74, 6) is 2.70. The average Bonchev–Trinajstić information content (AvgIpc) is 3.25. The van der Waals surface area contributed by atoms with Crippen molar-refractivity contribution in [1.29, 1.82) is 0 Å². The highest BCUT2D eigenvalue weighted by molar-refractivity contribution is 7.99. The molecule has 0 spiro atoms. The van der Waals surface area contributed by atoms with E-state index in [0.29, 0.717) is 10.8 Å². The molecule has 2 aliphatic rings. The van der Waals surface area contributed by atoms with E-state index in [0.717, 1.165) is 66.2 Å². The molecule has 166 valence electrons. The molecule has 1 aliphatic heterocycles. The lowest BCUT2D eigenvalue weighted by molar-refractivity contribution is -0.124. The first-order chi connectivity index (χ1) is 15.1. The number of thiophene rings is 1. The largest absolute Gasteiger partial charge is 0.465 e. The van der Waals surface area contributed by atoms with Gasteiger partial charge in [0.15, 0.2) is 0 Å². The molecule has 0 bridgehead atoms. The summed E-state index contributed by atoms with van der Waals surface area (Å²) >= 11 is 3.38. The fourth-order valence-corrected chi connectivity index (χ4v) is 6.84. The quantitative estimate of drug-likeness (QED) is 0.497. The van der Waals surface area contributed by atoms with Gasteiger partial charge in [-0.1, -0.05) is 37.3 Å². The molecule has 1 amide bonds. The van der Waals surface area contributed by atoms with Crippen molar-refractivity contribution < 1.29 is 14.3 Å². The molecule has 1 aromatic carbocycles. The standard InChI is InChI=1S/C25H31NO3S2/c1-17-8-10-19(11-9-17)24(27)26(20-12-14-30-15-13-20)21-16-22(18-6-4-3-5-7-18)31-23(21)25(28)29-2/h3-7,16-17,19-20H,8-15H2,1-2H3/t17-,19-. The second-order valence-electron chi connectivity index (χ2n) is 8.69. The van der Waals surface area contributed by atoms with Crippen LogP contribution in [0.5, 0.6) is 0 Å². The number of benzene rings is 1. The number of ether oxygens (including phenoxy) is 1. The molecule has 0 N–H and O–H groups in total. The van der Waals surface area contributed by atoms with Crippen LogP contribution in [0.1, 0.15) is 55.1 Å². The number of thioether (sulfide) groups is 1. The van der Waals surface area contributed by atoms with Crippen molar-refractivity contribution in [2.24, 2.45) is 11.8 Å². The molecular formula is C25H31NO3S2. The summed E-state index contributed by atoms with van der Waals surface area (Å²) in [7, 11) is 1.42. The minimum atomic E-state index is -0.359. The van der Waals surface area contributed by atoms with Gasteiger partial charge in [0.25, 0.3) is 0 Å². The number of methoxy groups -OCH3 is 1. The summed E-state index contributed by atoms with van der Waals surface area (Å²) in [5, 5.41) is 0. The van der Waals surface area contributed by atoms with E-state index in [2.05, 4.69) is 6.92 Å². The number of esters is 1. The summed E-state index contributed by atoms with van der Waals surface area (Å²) in [6.45, 7) is 2.27. The molecule has 1 aliphatic carbocycles. The van der Waals surface area contributed by atoms with Gasteiger partial charge in [-0.3, -0.25) is 4.79 Å². The Morgan fingerprint density at radius 1 is 1.00 bits per heavy atom. The zero-order valence-corrected chi connectivity index (χ0v) is 20.0. The van der Waals surface area contributed by atoms with E-state index in [9.17, 15) is 9.59 Å². The van der Waals surface area contributed by atoms with Crippen molar-refractivity contribution in [2.45, 2.75) is 51.5 Å². The third kappa shape index (κ3) is 5.01. The Morgan fingerprint density at radius 3 is 2.32 bits per heavy atom. The van der Waals surface area contributed by atoms with Crippen molar-refractivity contribution in [3.8, 4) is 10.4 Å². The normalized spacial score (nSPS) is 22.1. The van der Waals surface area contributed by atoms with Gasteiger partial charge in [0.05, 0.1) is 12.8 Å². The lowest BCUT2D eigenvalue weighted by Crippen LogP contribution is -2.46. The highest BCUT2D eigenvalue weighted by Crippen LogP contribution is 2.41. The van der Waals surface area contributed by atoms with Gasteiger partial charge < -0.3 is 9.64 Å². The van der Waals surface area contributed by atoms with E-state index in [-0.39, 0.29) is 23.8 Å². The fourth-order valence-electron chi connectivity index (χ4n) is 4.69. The van der Waals surface area contributed by atoms with Crippen molar-refractivity contribution in [3.63, 3.8) is 0 Å². The molecule has 0 radical (unpaired) electrons. The van der Waals surface area contributed by atoms with Crippen LogP contribution < -0.4 is 4.90 Å². The van der Waals surface area contributed by atoms with E-state index in [1.807, 2.05) is 53.1 Å². The molecular weight excluding hydrogens is 426 g/mol. The molecule has 2 aromatic rings. The van der Waals surface area contributed by atoms with Gasteiger partial charge >= 0.3 is 5.97 Å². The van der Waals surface area contributed by atoms with Crippen molar-refractivity contribution in [1.82, 2.24) is 0 Å². The van der Waals surface area contributed by atoms with Crippen LogP contribution in [-0.2, 0) is 9.53 Å². The summed E-state index contributed by atoms with van der Waals surface area (Å²) < 4.78 is 5.13. The molecule has 2 fully saturated rings. The maximum Gasteiger partial charge on any atom is 0.350 e. The highest BCUT2D eigenvalue weighted by Gasteiger charge is 2.36. The Morgan fingerprint density at radius 2 is 1.68 bits per heavy atom. The first-order valence-corrected chi connectivity index (χ1v) is 13.2. The van der Waals surface area contributed by atoms with Crippen molar-refractivity contribution >= 4 is 40.7 Å². The van der Waals surface area contributed by atoms with Crippen LogP contribution in [0.15, 0.2) is 36.4 Å². The van der Waals surface area contributed by atoms with Crippen LogP contribution in [0.3, 0.4) is 0 Å². The van der Waals surface area contributed by atoms with E-state index in [4.69, 9.17) is 4.74 Å².